The lowest BCUT2D eigenvalue weighted by Gasteiger charge is -2.38. The maximum Gasteiger partial charge on any atom is 0.225 e. The number of rotatable bonds is 2. The third-order valence-electron chi connectivity index (χ3n) is 4.28. The van der Waals surface area contributed by atoms with E-state index in [4.69, 9.17) is 0 Å². The number of piperazine rings is 1. The second-order valence-corrected chi connectivity index (χ2v) is 5.55. The first-order valence-corrected chi connectivity index (χ1v) is 6.83. The molecule has 4 heteroatoms. The molecule has 0 unspecified atom stereocenters. The second kappa shape index (κ2) is 4.31. The van der Waals surface area contributed by atoms with E-state index in [1.54, 1.807) is 0 Å². The van der Waals surface area contributed by atoms with Crippen molar-refractivity contribution in [2.24, 2.45) is 11.8 Å². The Balaban J connectivity index is 1.49. The van der Waals surface area contributed by atoms with Gasteiger partial charge in [0.05, 0.1) is 0 Å². The standard InChI is InChI=1S/C13H20N2O2/c16-12(10-2-1-3-10)14-6-8-15(9-7-14)13(17)11-4-5-11/h10-11H,1-9H2. The van der Waals surface area contributed by atoms with Crippen molar-refractivity contribution in [3.8, 4) is 0 Å². The summed E-state index contributed by atoms with van der Waals surface area (Å²) in [4.78, 5) is 27.8. The highest BCUT2D eigenvalue weighted by Crippen LogP contribution is 2.32. The van der Waals surface area contributed by atoms with Crippen LogP contribution in [0.3, 0.4) is 0 Å². The third-order valence-corrected chi connectivity index (χ3v) is 4.28. The summed E-state index contributed by atoms with van der Waals surface area (Å²) < 4.78 is 0. The molecular formula is C13H20N2O2. The number of hydrogen-bond acceptors (Lipinski definition) is 2. The molecule has 17 heavy (non-hydrogen) atoms. The first-order chi connectivity index (χ1) is 8.25. The molecule has 2 saturated carbocycles. The van der Waals surface area contributed by atoms with E-state index >= 15 is 0 Å². The van der Waals surface area contributed by atoms with E-state index < -0.39 is 0 Å². The van der Waals surface area contributed by atoms with Crippen LogP contribution in [0.5, 0.6) is 0 Å². The SMILES string of the molecule is O=C(C1CCC1)N1CCN(C(=O)C2CC2)CC1. The molecule has 4 nitrogen and oxygen atoms in total. The summed E-state index contributed by atoms with van der Waals surface area (Å²) in [6.45, 7) is 2.98. The van der Waals surface area contributed by atoms with Crippen molar-refractivity contribution in [3.05, 3.63) is 0 Å². The second-order valence-electron chi connectivity index (χ2n) is 5.55. The molecule has 0 bridgehead atoms. The van der Waals surface area contributed by atoms with Gasteiger partial charge in [-0.1, -0.05) is 6.42 Å². The van der Waals surface area contributed by atoms with Crippen molar-refractivity contribution in [1.29, 1.82) is 0 Å². The molecule has 2 aliphatic carbocycles. The lowest BCUT2D eigenvalue weighted by atomic mass is 9.84. The summed E-state index contributed by atoms with van der Waals surface area (Å²) in [5, 5.41) is 0. The van der Waals surface area contributed by atoms with Crippen molar-refractivity contribution < 1.29 is 9.59 Å². The molecule has 0 aromatic carbocycles. The van der Waals surface area contributed by atoms with Crippen LogP contribution in [-0.2, 0) is 9.59 Å². The zero-order valence-corrected chi connectivity index (χ0v) is 10.2. The maximum atomic E-state index is 12.0. The minimum Gasteiger partial charge on any atom is -0.339 e. The van der Waals surface area contributed by atoms with E-state index in [1.165, 1.54) is 6.42 Å². The lowest BCUT2D eigenvalue weighted by Crippen LogP contribution is -2.52. The van der Waals surface area contributed by atoms with Gasteiger partial charge in [-0.15, -0.1) is 0 Å². The summed E-state index contributed by atoms with van der Waals surface area (Å²) >= 11 is 0. The topological polar surface area (TPSA) is 40.6 Å². The smallest absolute Gasteiger partial charge is 0.225 e. The van der Waals surface area contributed by atoms with Crippen LogP contribution in [0.25, 0.3) is 0 Å². The van der Waals surface area contributed by atoms with E-state index in [0.29, 0.717) is 23.7 Å². The number of amides is 2. The monoisotopic (exact) mass is 236 g/mol. The number of carbonyl (C=O) groups excluding carboxylic acids is 2. The van der Waals surface area contributed by atoms with Gasteiger partial charge in [-0.2, -0.15) is 0 Å². The van der Waals surface area contributed by atoms with Gasteiger partial charge in [-0.3, -0.25) is 9.59 Å². The predicted octanol–water partition coefficient (Wildman–Crippen LogP) is 0.867. The Morgan fingerprint density at radius 1 is 0.706 bits per heavy atom. The molecule has 0 N–H and O–H groups in total. The van der Waals surface area contributed by atoms with Crippen LogP contribution in [-0.4, -0.2) is 47.8 Å². The van der Waals surface area contributed by atoms with Gasteiger partial charge in [0.2, 0.25) is 11.8 Å². The average Bonchev–Trinajstić information content (AvgIpc) is 3.10. The van der Waals surface area contributed by atoms with Crippen molar-refractivity contribution in [3.63, 3.8) is 0 Å². The Morgan fingerprint density at radius 2 is 1.12 bits per heavy atom. The van der Waals surface area contributed by atoms with Gasteiger partial charge in [0.15, 0.2) is 0 Å². The van der Waals surface area contributed by atoms with Crippen molar-refractivity contribution in [2.45, 2.75) is 32.1 Å². The summed E-state index contributed by atoms with van der Waals surface area (Å²) in [7, 11) is 0. The van der Waals surface area contributed by atoms with Gasteiger partial charge in [-0.25, -0.2) is 0 Å². The predicted molar refractivity (Wildman–Crippen MR) is 63.2 cm³/mol. The first kappa shape index (κ1) is 11.1. The van der Waals surface area contributed by atoms with Crippen LogP contribution >= 0.6 is 0 Å². The molecule has 0 aromatic rings. The minimum atomic E-state index is 0.292. The molecule has 3 rings (SSSR count). The Hall–Kier alpha value is -1.06. The van der Waals surface area contributed by atoms with Crippen molar-refractivity contribution in [1.82, 2.24) is 9.80 Å². The van der Waals surface area contributed by atoms with Gasteiger partial charge >= 0.3 is 0 Å². The highest BCUT2D eigenvalue weighted by atomic mass is 16.2. The van der Waals surface area contributed by atoms with E-state index in [-0.39, 0.29) is 0 Å². The molecule has 0 aromatic heterocycles. The first-order valence-electron chi connectivity index (χ1n) is 6.83. The zero-order valence-electron chi connectivity index (χ0n) is 10.2. The van der Waals surface area contributed by atoms with Crippen LogP contribution in [0.15, 0.2) is 0 Å². The summed E-state index contributed by atoms with van der Waals surface area (Å²) in [5.74, 6) is 1.25. The highest BCUT2D eigenvalue weighted by Gasteiger charge is 2.36. The summed E-state index contributed by atoms with van der Waals surface area (Å²) in [6, 6.07) is 0. The molecule has 1 aliphatic heterocycles. The number of nitrogens with zero attached hydrogens (tertiary/aromatic N) is 2. The van der Waals surface area contributed by atoms with Crippen molar-refractivity contribution >= 4 is 11.8 Å². The molecule has 0 atom stereocenters. The van der Waals surface area contributed by atoms with Crippen LogP contribution < -0.4 is 0 Å². The van der Waals surface area contributed by atoms with Gasteiger partial charge in [0.1, 0.15) is 0 Å². The fraction of sp³-hybridized carbons (Fsp3) is 0.846. The molecule has 0 spiro atoms. The molecule has 1 heterocycles. The minimum absolute atomic E-state index is 0.292. The Labute approximate surface area is 102 Å². The normalized spacial score (nSPS) is 25.6. The quantitative estimate of drug-likeness (QED) is 0.713. The largest absolute Gasteiger partial charge is 0.339 e. The summed E-state index contributed by atoms with van der Waals surface area (Å²) in [6.07, 6.45) is 5.48. The molecule has 0 radical (unpaired) electrons. The molecule has 1 saturated heterocycles. The Morgan fingerprint density at radius 3 is 1.41 bits per heavy atom. The van der Waals surface area contributed by atoms with Gasteiger partial charge in [0.25, 0.3) is 0 Å². The van der Waals surface area contributed by atoms with Crippen molar-refractivity contribution in [2.75, 3.05) is 26.2 Å². The molecular weight excluding hydrogens is 216 g/mol. The molecule has 2 amide bonds. The average molecular weight is 236 g/mol. The van der Waals surface area contributed by atoms with Crippen LogP contribution in [0.1, 0.15) is 32.1 Å². The zero-order chi connectivity index (χ0) is 11.8. The lowest BCUT2D eigenvalue weighted by molar-refractivity contribution is -0.144. The summed E-state index contributed by atoms with van der Waals surface area (Å²) in [5.41, 5.74) is 0. The number of hydrogen-bond donors (Lipinski definition) is 0. The van der Waals surface area contributed by atoms with E-state index in [0.717, 1.165) is 51.9 Å². The highest BCUT2D eigenvalue weighted by molar-refractivity contribution is 5.82. The Kier molecular flexibility index (Phi) is 2.81. The molecule has 3 aliphatic rings. The van der Waals surface area contributed by atoms with E-state index in [1.807, 2.05) is 9.80 Å². The maximum absolute atomic E-state index is 12.0. The van der Waals surface area contributed by atoms with Gasteiger partial charge < -0.3 is 9.80 Å². The van der Waals surface area contributed by atoms with Crippen LogP contribution in [0.2, 0.25) is 0 Å². The molecule has 3 fully saturated rings. The fourth-order valence-electron chi connectivity index (χ4n) is 2.65. The fourth-order valence-corrected chi connectivity index (χ4v) is 2.65. The molecule has 94 valence electrons. The van der Waals surface area contributed by atoms with Crippen LogP contribution in [0, 0.1) is 11.8 Å². The third kappa shape index (κ3) is 2.17. The number of carbonyl (C=O) groups is 2. The van der Waals surface area contributed by atoms with Gasteiger partial charge in [0, 0.05) is 38.0 Å². The van der Waals surface area contributed by atoms with E-state index in [2.05, 4.69) is 0 Å². The van der Waals surface area contributed by atoms with Gasteiger partial charge in [-0.05, 0) is 25.7 Å². The van der Waals surface area contributed by atoms with E-state index in [9.17, 15) is 9.59 Å². The van der Waals surface area contributed by atoms with Crippen LogP contribution in [0.4, 0.5) is 0 Å². The Bertz CT molecular complexity index is 326.